The van der Waals surface area contributed by atoms with Crippen molar-refractivity contribution in [1.29, 1.82) is 0 Å². The van der Waals surface area contributed by atoms with E-state index in [1.165, 1.54) is 18.4 Å². The first-order chi connectivity index (χ1) is 8.61. The first kappa shape index (κ1) is 13.9. The zero-order chi connectivity index (χ0) is 13.0. The van der Waals surface area contributed by atoms with E-state index >= 15 is 0 Å². The maximum Gasteiger partial charge on any atom is 0.0833 e. The van der Waals surface area contributed by atoms with Crippen molar-refractivity contribution in [2.24, 2.45) is 0 Å². The van der Waals surface area contributed by atoms with Crippen molar-refractivity contribution in [2.75, 3.05) is 18.6 Å². The summed E-state index contributed by atoms with van der Waals surface area (Å²) in [5.41, 5.74) is 0.864. The molecular weight excluding hydrogens is 242 g/mol. The van der Waals surface area contributed by atoms with Crippen LogP contribution in [0.15, 0.2) is 30.3 Å². The molecule has 0 bridgehead atoms. The van der Waals surface area contributed by atoms with E-state index in [4.69, 9.17) is 0 Å². The fraction of sp³-hybridized carbons (Fsp3) is 0.600. The van der Waals surface area contributed by atoms with E-state index in [-0.39, 0.29) is 0 Å². The Morgan fingerprint density at radius 2 is 2.00 bits per heavy atom. The van der Waals surface area contributed by atoms with Gasteiger partial charge >= 0.3 is 0 Å². The van der Waals surface area contributed by atoms with Gasteiger partial charge in [-0.2, -0.15) is 11.8 Å². The van der Waals surface area contributed by atoms with E-state index in [9.17, 15) is 5.11 Å². The average Bonchev–Trinajstić information content (AvgIpc) is 2.28. The van der Waals surface area contributed by atoms with Crippen LogP contribution in [0.3, 0.4) is 0 Å². The lowest BCUT2D eigenvalue weighted by Gasteiger charge is -2.38. The van der Waals surface area contributed by atoms with Crippen molar-refractivity contribution in [3.8, 4) is 0 Å². The minimum atomic E-state index is -0.586. The zero-order valence-corrected chi connectivity index (χ0v) is 12.0. The third-order valence-corrected chi connectivity index (χ3v) is 4.55. The largest absolute Gasteiger partial charge is 0.388 e. The molecule has 0 radical (unpaired) electrons. The summed E-state index contributed by atoms with van der Waals surface area (Å²) >= 11 is 1.69. The molecule has 1 unspecified atom stereocenters. The molecule has 0 aliphatic heterocycles. The van der Waals surface area contributed by atoms with Gasteiger partial charge in [0.2, 0.25) is 0 Å². The molecule has 0 spiro atoms. The molecule has 0 aromatic heterocycles. The fourth-order valence-corrected chi connectivity index (χ4v) is 3.23. The lowest BCUT2D eigenvalue weighted by atomic mass is 9.76. The summed E-state index contributed by atoms with van der Waals surface area (Å²) in [5, 5.41) is 13.6. The number of benzene rings is 1. The van der Waals surface area contributed by atoms with Crippen LogP contribution >= 0.6 is 11.8 Å². The highest BCUT2D eigenvalue weighted by molar-refractivity contribution is 7.98. The van der Waals surface area contributed by atoms with E-state index < -0.39 is 5.60 Å². The van der Waals surface area contributed by atoms with Crippen LogP contribution < -0.4 is 5.32 Å². The third-order valence-electron chi connectivity index (χ3n) is 3.64. The molecule has 2 rings (SSSR count). The monoisotopic (exact) mass is 265 g/mol. The van der Waals surface area contributed by atoms with Crippen molar-refractivity contribution >= 4 is 11.8 Å². The number of hydrogen-bond acceptors (Lipinski definition) is 3. The van der Waals surface area contributed by atoms with E-state index in [1.54, 1.807) is 11.8 Å². The summed E-state index contributed by atoms with van der Waals surface area (Å²) in [6, 6.07) is 11.3. The van der Waals surface area contributed by atoms with Gasteiger partial charge in [0.25, 0.3) is 0 Å². The Balaban J connectivity index is 1.71. The van der Waals surface area contributed by atoms with Crippen LogP contribution in [0.1, 0.15) is 31.2 Å². The maximum atomic E-state index is 10.1. The molecule has 100 valence electrons. The lowest BCUT2D eigenvalue weighted by Crippen LogP contribution is -2.48. The van der Waals surface area contributed by atoms with Gasteiger partial charge in [0.15, 0.2) is 0 Å². The summed E-state index contributed by atoms with van der Waals surface area (Å²) in [7, 11) is 0. The number of aliphatic hydroxyl groups is 1. The SMILES string of the molecule is CSCC(C)(O)CNC1CC(c2ccccc2)C1. The van der Waals surface area contributed by atoms with Crippen molar-refractivity contribution < 1.29 is 5.11 Å². The predicted octanol–water partition coefficient (Wildman–Crippen LogP) is 2.64. The van der Waals surface area contributed by atoms with Gasteiger partial charge in [0.05, 0.1) is 5.60 Å². The van der Waals surface area contributed by atoms with Gasteiger partial charge in [0.1, 0.15) is 0 Å². The fourth-order valence-electron chi connectivity index (χ4n) is 2.51. The van der Waals surface area contributed by atoms with Gasteiger partial charge in [0, 0.05) is 18.3 Å². The second kappa shape index (κ2) is 6.09. The smallest absolute Gasteiger partial charge is 0.0833 e. The van der Waals surface area contributed by atoms with E-state index in [1.807, 2.05) is 13.2 Å². The van der Waals surface area contributed by atoms with E-state index in [0.717, 1.165) is 5.75 Å². The van der Waals surface area contributed by atoms with Crippen LogP contribution in [-0.4, -0.2) is 35.3 Å². The van der Waals surface area contributed by atoms with Gasteiger partial charge in [-0.3, -0.25) is 0 Å². The number of thioether (sulfide) groups is 1. The molecule has 2 nitrogen and oxygen atoms in total. The molecule has 3 heteroatoms. The molecular formula is C15H23NOS. The first-order valence-corrected chi connectivity index (χ1v) is 8.00. The van der Waals surface area contributed by atoms with Gasteiger partial charge in [-0.05, 0) is 37.5 Å². The number of nitrogens with one attached hydrogen (secondary N) is 1. The zero-order valence-electron chi connectivity index (χ0n) is 11.2. The van der Waals surface area contributed by atoms with Crippen LogP contribution in [-0.2, 0) is 0 Å². The van der Waals surface area contributed by atoms with E-state index in [2.05, 4.69) is 35.6 Å². The molecule has 1 aliphatic carbocycles. The Bertz CT molecular complexity index is 360. The molecule has 1 atom stereocenters. The molecule has 1 fully saturated rings. The van der Waals surface area contributed by atoms with Crippen LogP contribution in [0.25, 0.3) is 0 Å². The molecule has 18 heavy (non-hydrogen) atoms. The molecule has 0 amide bonds. The normalized spacial score (nSPS) is 26.4. The molecule has 1 saturated carbocycles. The summed E-state index contributed by atoms with van der Waals surface area (Å²) in [5.74, 6) is 1.49. The first-order valence-electron chi connectivity index (χ1n) is 6.60. The second-order valence-corrected chi connectivity index (χ2v) is 6.45. The minimum absolute atomic E-state index is 0.573. The molecule has 2 N–H and O–H groups in total. The van der Waals surface area contributed by atoms with Crippen molar-refractivity contribution in [1.82, 2.24) is 5.32 Å². The quantitative estimate of drug-likeness (QED) is 0.829. The predicted molar refractivity (Wildman–Crippen MR) is 79.2 cm³/mol. The highest BCUT2D eigenvalue weighted by Gasteiger charge is 2.31. The maximum absolute atomic E-state index is 10.1. The van der Waals surface area contributed by atoms with Crippen LogP contribution in [0.2, 0.25) is 0 Å². The van der Waals surface area contributed by atoms with Gasteiger partial charge < -0.3 is 10.4 Å². The van der Waals surface area contributed by atoms with Crippen LogP contribution in [0.5, 0.6) is 0 Å². The number of rotatable bonds is 6. The Hall–Kier alpha value is -0.510. The second-order valence-electron chi connectivity index (χ2n) is 5.59. The van der Waals surface area contributed by atoms with Crippen molar-refractivity contribution in [3.05, 3.63) is 35.9 Å². The average molecular weight is 265 g/mol. The molecule has 1 aliphatic rings. The summed E-state index contributed by atoms with van der Waals surface area (Å²) < 4.78 is 0. The topological polar surface area (TPSA) is 32.3 Å². The molecule has 1 aromatic rings. The molecule has 1 aromatic carbocycles. The number of hydrogen-bond donors (Lipinski definition) is 2. The summed E-state index contributed by atoms with van der Waals surface area (Å²) in [6.45, 7) is 2.60. The standard InChI is InChI=1S/C15H23NOS/c1-15(17,11-18-2)10-16-14-8-13(9-14)12-6-4-3-5-7-12/h3-7,13-14,16-17H,8-11H2,1-2H3. The highest BCUT2D eigenvalue weighted by Crippen LogP contribution is 2.36. The lowest BCUT2D eigenvalue weighted by molar-refractivity contribution is 0.0756. The Kier molecular flexibility index (Phi) is 4.71. The Morgan fingerprint density at radius 3 is 2.61 bits per heavy atom. The molecule has 0 heterocycles. The van der Waals surface area contributed by atoms with Gasteiger partial charge in [-0.1, -0.05) is 30.3 Å². The Morgan fingerprint density at radius 1 is 1.33 bits per heavy atom. The van der Waals surface area contributed by atoms with Gasteiger partial charge in [-0.25, -0.2) is 0 Å². The molecule has 0 saturated heterocycles. The van der Waals surface area contributed by atoms with Crippen LogP contribution in [0, 0.1) is 0 Å². The van der Waals surface area contributed by atoms with E-state index in [0.29, 0.717) is 18.5 Å². The van der Waals surface area contributed by atoms with Crippen molar-refractivity contribution in [3.63, 3.8) is 0 Å². The van der Waals surface area contributed by atoms with Crippen LogP contribution in [0.4, 0.5) is 0 Å². The summed E-state index contributed by atoms with van der Waals surface area (Å²) in [4.78, 5) is 0. The summed E-state index contributed by atoms with van der Waals surface area (Å²) in [6.07, 6.45) is 4.42. The minimum Gasteiger partial charge on any atom is -0.388 e. The highest BCUT2D eigenvalue weighted by atomic mass is 32.2. The van der Waals surface area contributed by atoms with Gasteiger partial charge in [-0.15, -0.1) is 0 Å². The third kappa shape index (κ3) is 3.74. The van der Waals surface area contributed by atoms with Crippen molar-refractivity contribution in [2.45, 2.75) is 37.3 Å². The Labute approximate surface area is 114 Å².